The number of nitrogens with one attached hydrogen (secondary N) is 2. The van der Waals surface area contributed by atoms with Gasteiger partial charge in [-0.15, -0.1) is 0 Å². The number of anilines is 6. The summed E-state index contributed by atoms with van der Waals surface area (Å²) in [6.45, 7) is 4.29. The molecule has 0 saturated carbocycles. The smallest absolute Gasteiger partial charge is 0.339 e. The number of aromatic nitrogens is 6. The van der Waals surface area contributed by atoms with Gasteiger partial charge in [0.25, 0.3) is 17.3 Å². The molecule has 0 fully saturated rings. The zero-order chi connectivity index (χ0) is 57.1. The maximum absolute atomic E-state index is 12.4. The van der Waals surface area contributed by atoms with Crippen LogP contribution in [0.2, 0.25) is 0 Å². The summed E-state index contributed by atoms with van der Waals surface area (Å²) in [5, 5.41) is 42.0. The van der Waals surface area contributed by atoms with Crippen molar-refractivity contribution in [3.63, 3.8) is 0 Å². The summed E-state index contributed by atoms with van der Waals surface area (Å²) in [6.07, 6.45) is 10.5. The van der Waals surface area contributed by atoms with E-state index in [0.29, 0.717) is 59.5 Å². The van der Waals surface area contributed by atoms with E-state index >= 15 is 0 Å². The van der Waals surface area contributed by atoms with E-state index in [-0.39, 0.29) is 68.1 Å². The van der Waals surface area contributed by atoms with Crippen LogP contribution in [0.4, 0.5) is 46.0 Å². The van der Waals surface area contributed by atoms with Gasteiger partial charge in [0.05, 0.1) is 63.4 Å². The van der Waals surface area contributed by atoms with Crippen LogP contribution < -0.4 is 35.6 Å². The summed E-state index contributed by atoms with van der Waals surface area (Å²) in [6, 6.07) is 18.2. The number of carboxylic acids is 1. The number of nitro groups is 2. The summed E-state index contributed by atoms with van der Waals surface area (Å²) in [7, 11) is 14.3. The Hall–Kier alpha value is -9.42. The topological polar surface area (TPSA) is 284 Å². The first-order valence-electron chi connectivity index (χ1n) is 25.8. The molecule has 4 aromatic carbocycles. The van der Waals surface area contributed by atoms with Crippen LogP contribution in [0.15, 0.2) is 85.5 Å². The van der Waals surface area contributed by atoms with E-state index < -0.39 is 21.7 Å². The van der Waals surface area contributed by atoms with Crippen molar-refractivity contribution in [2.75, 3.05) is 103 Å². The molecule has 0 bridgehead atoms. The summed E-state index contributed by atoms with van der Waals surface area (Å²) in [5.41, 5.74) is 13.9. The summed E-state index contributed by atoms with van der Waals surface area (Å²) >= 11 is 0. The molecule has 10 rings (SSSR count). The van der Waals surface area contributed by atoms with Crippen LogP contribution in [0.25, 0.3) is 44.3 Å². The Kier molecular flexibility index (Phi) is 20.0. The maximum Gasteiger partial charge on any atom is 0.339 e. The number of aryl methyl sites for hydroxylation is 4. The van der Waals surface area contributed by atoms with Crippen molar-refractivity contribution in [3.8, 4) is 34.0 Å². The number of hydrogen-bond acceptors (Lipinski definition) is 18. The highest BCUT2D eigenvalue weighted by atomic mass is 16.6. The van der Waals surface area contributed by atoms with Gasteiger partial charge in [0.2, 0.25) is 11.9 Å². The second-order valence-corrected chi connectivity index (χ2v) is 20.2. The molecule has 440 valence electrons. The van der Waals surface area contributed by atoms with E-state index in [0.717, 1.165) is 72.7 Å². The standard InChI is InChI=1S/C28H32N8O4.C28H31N7O5.3CH4/c1-33(2)11-12-34(3)22-14-24(40-4)21(13-23(22)36(38)39)31-28-30-15-19(27(29)37)25(32-28)20-16-35-10-6-8-17-7-5-9-18(20)26(17)35;1-32(2)11-12-33(3)22-14-24(40-4)21(13-23(22)35(38)39)30-28-29-15-19(27(36)37)25(31-28)20-16-34-10-6-8-17-7-5-9-18(20)26(17)34;;;/h5,7,9,13-16H,6,8,10-12H2,1-4H3,(H2,29,37)(H,30,31,32);5,7,9,13-16H,6,8,10-12H2,1-4H3,(H,36,37)(H,29,30,31);3*1H4. The number of carboxylic acid groups (broad SMARTS) is 1. The van der Waals surface area contributed by atoms with E-state index in [4.69, 9.17) is 15.2 Å². The van der Waals surface area contributed by atoms with Gasteiger partial charge in [-0.2, -0.15) is 0 Å². The number of carbonyl (C=O) groups is 2. The molecule has 5 N–H and O–H groups in total. The van der Waals surface area contributed by atoms with Crippen molar-refractivity contribution >= 4 is 79.7 Å². The number of benzene rings is 4. The van der Waals surface area contributed by atoms with E-state index in [1.54, 1.807) is 31.1 Å². The lowest BCUT2D eigenvalue weighted by atomic mass is 10.0. The fraction of sp³-hybridized carbons (Fsp3) is 0.356. The number of aromatic carboxylic acids is 1. The summed E-state index contributed by atoms with van der Waals surface area (Å²) in [4.78, 5) is 73.2. The predicted molar refractivity (Wildman–Crippen MR) is 328 cm³/mol. The molecule has 2 aliphatic rings. The molecule has 0 saturated heterocycles. The lowest BCUT2D eigenvalue weighted by Crippen LogP contribution is -2.29. The number of nitrogens with zero attached hydrogens (tertiary/aromatic N) is 12. The maximum atomic E-state index is 12.4. The number of nitro benzene ring substituents is 2. The molecule has 0 atom stereocenters. The number of likely N-dealkylation sites (N-methyl/N-ethyl adjacent to an activating group) is 4. The third-order valence-electron chi connectivity index (χ3n) is 14.3. The predicted octanol–water partition coefficient (Wildman–Crippen LogP) is 10.1. The highest BCUT2D eigenvalue weighted by Gasteiger charge is 2.28. The number of nitrogens with two attached hydrogens (primary N) is 1. The van der Waals surface area contributed by atoms with Crippen LogP contribution in [-0.4, -0.2) is 148 Å². The van der Waals surface area contributed by atoms with Crippen LogP contribution >= 0.6 is 0 Å². The number of primary amides is 1. The van der Waals surface area contributed by atoms with Gasteiger partial charge < -0.3 is 59.7 Å². The zero-order valence-corrected chi connectivity index (χ0v) is 45.8. The largest absolute Gasteiger partial charge is 0.494 e. The molecule has 0 radical (unpaired) electrons. The minimum Gasteiger partial charge on any atom is -0.494 e. The van der Waals surface area contributed by atoms with Crippen LogP contribution in [0.5, 0.6) is 11.5 Å². The van der Waals surface area contributed by atoms with Crippen molar-refractivity contribution in [1.82, 2.24) is 38.9 Å². The second-order valence-electron chi connectivity index (χ2n) is 20.2. The van der Waals surface area contributed by atoms with Crippen molar-refractivity contribution in [3.05, 3.63) is 128 Å². The fourth-order valence-electron chi connectivity index (χ4n) is 10.3. The van der Waals surface area contributed by atoms with Gasteiger partial charge in [0.1, 0.15) is 28.4 Å². The first-order valence-corrected chi connectivity index (χ1v) is 25.8. The van der Waals surface area contributed by atoms with Crippen LogP contribution in [-0.2, 0) is 25.9 Å². The molecule has 2 aliphatic heterocycles. The molecule has 6 heterocycles. The van der Waals surface area contributed by atoms with E-state index in [1.807, 2.05) is 79.5 Å². The third-order valence-corrected chi connectivity index (χ3v) is 14.3. The summed E-state index contributed by atoms with van der Waals surface area (Å²) < 4.78 is 15.5. The normalized spacial score (nSPS) is 12.1. The lowest BCUT2D eigenvalue weighted by molar-refractivity contribution is -0.384. The number of hydrogen-bond donors (Lipinski definition) is 4. The Balaban J connectivity index is 0.000000257. The van der Waals surface area contributed by atoms with Crippen molar-refractivity contribution in [1.29, 1.82) is 0 Å². The molecule has 8 aromatic rings. The number of rotatable bonds is 20. The van der Waals surface area contributed by atoms with Crippen LogP contribution in [0.3, 0.4) is 0 Å². The number of ether oxygens (including phenoxy) is 2. The number of para-hydroxylation sites is 2. The zero-order valence-electron chi connectivity index (χ0n) is 45.8. The first kappa shape index (κ1) is 62.8. The third kappa shape index (κ3) is 13.0. The molecule has 0 aliphatic carbocycles. The molecule has 24 nitrogen and oxygen atoms in total. The molecular weight excluding hydrogens is 1060 g/mol. The average molecular weight is 1140 g/mol. The van der Waals surface area contributed by atoms with Gasteiger partial charge >= 0.3 is 5.97 Å². The first-order chi connectivity index (χ1) is 38.3. The molecule has 83 heavy (non-hydrogen) atoms. The Morgan fingerprint density at radius 2 is 1.06 bits per heavy atom. The van der Waals surface area contributed by atoms with Crippen molar-refractivity contribution < 1.29 is 34.0 Å². The van der Waals surface area contributed by atoms with Gasteiger partial charge in [-0.3, -0.25) is 25.0 Å². The molecular formula is C59H75N15O9. The average Bonchev–Trinajstić information content (AvgIpc) is 4.28. The monoisotopic (exact) mass is 1140 g/mol. The van der Waals surface area contributed by atoms with Gasteiger partial charge in [0.15, 0.2) is 0 Å². The van der Waals surface area contributed by atoms with Crippen LogP contribution in [0.1, 0.15) is 67.0 Å². The van der Waals surface area contributed by atoms with Gasteiger partial charge in [-0.1, -0.05) is 58.7 Å². The Bertz CT molecular complexity index is 3470. The Morgan fingerprint density at radius 3 is 1.43 bits per heavy atom. The molecule has 0 spiro atoms. The molecule has 1 amide bonds. The molecule has 4 aromatic heterocycles. The van der Waals surface area contributed by atoms with E-state index in [9.17, 15) is 34.9 Å². The number of methoxy groups -OCH3 is 2. The van der Waals surface area contributed by atoms with Crippen molar-refractivity contribution in [2.45, 2.75) is 61.1 Å². The minimum atomic E-state index is -1.15. The van der Waals surface area contributed by atoms with Crippen LogP contribution in [0, 0.1) is 20.2 Å². The fourth-order valence-corrected chi connectivity index (χ4v) is 10.3. The van der Waals surface area contributed by atoms with Crippen molar-refractivity contribution in [2.24, 2.45) is 5.73 Å². The Morgan fingerprint density at radius 1 is 0.651 bits per heavy atom. The minimum absolute atomic E-state index is 0. The highest BCUT2D eigenvalue weighted by Crippen LogP contribution is 2.43. The Labute approximate surface area is 482 Å². The van der Waals surface area contributed by atoms with E-state index in [1.165, 1.54) is 49.9 Å². The highest BCUT2D eigenvalue weighted by molar-refractivity contribution is 6.05. The summed E-state index contributed by atoms with van der Waals surface area (Å²) in [5.74, 6) is -0.814. The SMILES string of the molecule is C.C.C.COc1cc(N(C)CCN(C)C)c([N+](=O)[O-])cc1Nc1ncc(C(=O)O)c(-c2cn3c4c(cccc24)CCC3)n1.COc1cc(N(C)CCN(C)C)c([N+](=O)[O-])cc1Nc1ncc(C(N)=O)c(-c2cn3c4c(cccc24)CCC3)n1. The van der Waals surface area contributed by atoms with Gasteiger partial charge in [-0.05, 0) is 65.0 Å². The lowest BCUT2D eigenvalue weighted by Gasteiger charge is -2.22. The quantitative estimate of drug-likeness (QED) is 0.0408. The molecule has 0 unspecified atom stereocenters. The van der Waals surface area contributed by atoms with Gasteiger partial charge in [0, 0.05) is 124 Å². The second kappa shape index (κ2) is 26.4. The number of carbonyl (C=O) groups excluding carboxylic acids is 1. The van der Waals surface area contributed by atoms with E-state index in [2.05, 4.69) is 51.8 Å². The molecule has 24 heteroatoms. The van der Waals surface area contributed by atoms with Gasteiger partial charge in [-0.25, -0.2) is 24.7 Å². The number of amides is 1.